The number of anilines is 1. The molecule has 1 aromatic heterocycles. The van der Waals surface area contributed by atoms with Crippen LogP contribution in [0.3, 0.4) is 0 Å². The number of hydrogen-bond acceptors (Lipinski definition) is 4. The Morgan fingerprint density at radius 3 is 2.46 bits per heavy atom. The van der Waals surface area contributed by atoms with Crippen LogP contribution in [0.15, 0.2) is 91.1 Å². The molecule has 0 N–H and O–H groups in total. The van der Waals surface area contributed by atoms with E-state index in [4.69, 9.17) is 9.84 Å². The smallest absolute Gasteiger partial charge is 0.246 e. The number of halogens is 1. The van der Waals surface area contributed by atoms with Gasteiger partial charge >= 0.3 is 0 Å². The van der Waals surface area contributed by atoms with Crippen LogP contribution in [0.1, 0.15) is 24.0 Å². The maximum atomic E-state index is 13.6. The van der Waals surface area contributed by atoms with E-state index in [1.807, 2.05) is 55.5 Å². The van der Waals surface area contributed by atoms with Gasteiger partial charge in [0.25, 0.3) is 0 Å². The minimum absolute atomic E-state index is 0.0407. The summed E-state index contributed by atoms with van der Waals surface area (Å²) in [5.41, 5.74) is 5.28. The number of rotatable bonds is 9. The highest BCUT2D eigenvalue weighted by molar-refractivity contribution is 5.93. The Morgan fingerprint density at radius 2 is 1.79 bits per heavy atom. The summed E-state index contributed by atoms with van der Waals surface area (Å²) in [5, 5.41) is 4.77. The molecule has 4 aromatic rings. The van der Waals surface area contributed by atoms with Gasteiger partial charge in [0, 0.05) is 62.9 Å². The molecular formula is C32H33FN4O2. The maximum absolute atomic E-state index is 13.6. The molecule has 7 heteroatoms. The van der Waals surface area contributed by atoms with Crippen molar-refractivity contribution >= 4 is 17.7 Å². The van der Waals surface area contributed by atoms with E-state index in [9.17, 15) is 9.18 Å². The summed E-state index contributed by atoms with van der Waals surface area (Å²) in [7, 11) is 4.01. The van der Waals surface area contributed by atoms with Gasteiger partial charge in [0.05, 0.1) is 17.5 Å². The minimum Gasteiger partial charge on any atom is -0.378 e. The quantitative estimate of drug-likeness (QED) is 0.253. The molecule has 0 saturated carbocycles. The molecule has 1 amide bonds. The van der Waals surface area contributed by atoms with Gasteiger partial charge < -0.3 is 14.5 Å². The highest BCUT2D eigenvalue weighted by Gasteiger charge is 2.22. The summed E-state index contributed by atoms with van der Waals surface area (Å²) in [5.74, 6) is -0.406. The fraction of sp³-hybridized carbons (Fsp3) is 0.250. The first kappa shape index (κ1) is 26.4. The van der Waals surface area contributed by atoms with E-state index in [0.29, 0.717) is 18.8 Å². The molecule has 6 nitrogen and oxygen atoms in total. The minimum atomic E-state index is -0.308. The van der Waals surface area contributed by atoms with Crippen LogP contribution in [0.25, 0.3) is 23.0 Å². The lowest BCUT2D eigenvalue weighted by atomic mass is 10.1. The van der Waals surface area contributed by atoms with Gasteiger partial charge in [-0.2, -0.15) is 5.10 Å². The van der Waals surface area contributed by atoms with Crippen LogP contribution < -0.4 is 4.90 Å². The third-order valence-corrected chi connectivity index (χ3v) is 6.87. The van der Waals surface area contributed by atoms with Crippen molar-refractivity contribution in [3.05, 3.63) is 108 Å². The highest BCUT2D eigenvalue weighted by atomic mass is 19.1. The number of aromatic nitrogens is 2. The van der Waals surface area contributed by atoms with Crippen molar-refractivity contribution < 1.29 is 13.9 Å². The second-order valence-electron chi connectivity index (χ2n) is 9.97. The number of ether oxygens (including phenoxy) is 1. The van der Waals surface area contributed by atoms with Crippen molar-refractivity contribution in [2.45, 2.75) is 25.5 Å². The van der Waals surface area contributed by atoms with Crippen LogP contribution in [-0.2, 0) is 16.1 Å². The summed E-state index contributed by atoms with van der Waals surface area (Å²) in [6.45, 7) is 1.76. The Morgan fingerprint density at radius 1 is 1.05 bits per heavy atom. The zero-order valence-corrected chi connectivity index (χ0v) is 22.3. The molecule has 1 unspecified atom stereocenters. The Bertz CT molecular complexity index is 1410. The Hall–Kier alpha value is -4.23. The second-order valence-corrected chi connectivity index (χ2v) is 9.97. The molecule has 3 aromatic carbocycles. The summed E-state index contributed by atoms with van der Waals surface area (Å²) in [4.78, 5) is 17.4. The second kappa shape index (κ2) is 12.1. The standard InChI is InChI=1S/C32H33FN4O2/c1-35(2)28-17-10-24(11-18-28)21-36(23-30-9-6-20-39-30)31(38)19-14-26-22-37(29-7-4-3-5-8-29)34-32(26)25-12-15-27(33)16-13-25/h3-5,7-8,10-19,22,30H,6,9,20-21,23H2,1-2H3/b19-14+. The monoisotopic (exact) mass is 524 g/mol. The summed E-state index contributed by atoms with van der Waals surface area (Å²) in [6.07, 6.45) is 7.29. The van der Waals surface area contributed by atoms with Crippen LogP contribution in [0.5, 0.6) is 0 Å². The lowest BCUT2D eigenvalue weighted by molar-refractivity contribution is -0.128. The topological polar surface area (TPSA) is 50.6 Å². The molecule has 0 bridgehead atoms. The predicted molar refractivity (Wildman–Crippen MR) is 153 cm³/mol. The molecule has 0 radical (unpaired) electrons. The number of para-hydroxylation sites is 1. The summed E-state index contributed by atoms with van der Waals surface area (Å²) in [6, 6.07) is 24.3. The third-order valence-electron chi connectivity index (χ3n) is 6.87. The van der Waals surface area contributed by atoms with Gasteiger partial charge in [0.1, 0.15) is 5.82 Å². The van der Waals surface area contributed by atoms with Crippen LogP contribution in [-0.4, -0.2) is 53.9 Å². The molecule has 1 aliphatic heterocycles. The Labute approximate surface area is 228 Å². The lowest BCUT2D eigenvalue weighted by Gasteiger charge is -2.25. The number of carbonyl (C=O) groups is 1. The average Bonchev–Trinajstić information content (AvgIpc) is 3.63. The first-order chi connectivity index (χ1) is 19.0. The van der Waals surface area contributed by atoms with Gasteiger partial charge in [-0.3, -0.25) is 4.79 Å². The molecule has 1 atom stereocenters. The van der Waals surface area contributed by atoms with E-state index < -0.39 is 0 Å². The van der Waals surface area contributed by atoms with E-state index in [0.717, 1.165) is 47.5 Å². The first-order valence-corrected chi connectivity index (χ1v) is 13.2. The van der Waals surface area contributed by atoms with Crippen LogP contribution in [0.2, 0.25) is 0 Å². The predicted octanol–water partition coefficient (Wildman–Crippen LogP) is 5.97. The SMILES string of the molecule is CN(C)c1ccc(CN(CC2CCCO2)C(=O)/C=C/c2cn(-c3ccccc3)nc2-c2ccc(F)cc2)cc1. The third kappa shape index (κ3) is 6.62. The molecule has 5 rings (SSSR count). The van der Waals surface area contributed by atoms with E-state index in [1.54, 1.807) is 29.0 Å². The molecule has 1 aliphatic rings. The van der Waals surface area contributed by atoms with Crippen molar-refractivity contribution in [3.63, 3.8) is 0 Å². The van der Waals surface area contributed by atoms with E-state index in [1.165, 1.54) is 12.1 Å². The van der Waals surface area contributed by atoms with Crippen molar-refractivity contribution in [1.82, 2.24) is 14.7 Å². The van der Waals surface area contributed by atoms with Gasteiger partial charge in [0.2, 0.25) is 5.91 Å². The molecule has 1 saturated heterocycles. The van der Waals surface area contributed by atoms with Gasteiger partial charge in [-0.15, -0.1) is 0 Å². The first-order valence-electron chi connectivity index (χ1n) is 13.2. The lowest BCUT2D eigenvalue weighted by Crippen LogP contribution is -2.35. The summed E-state index contributed by atoms with van der Waals surface area (Å²) < 4.78 is 21.3. The molecule has 0 aliphatic carbocycles. The molecule has 1 fully saturated rings. The number of benzene rings is 3. The average molecular weight is 525 g/mol. The van der Waals surface area contributed by atoms with Gasteiger partial charge in [0.15, 0.2) is 0 Å². The number of amides is 1. The molecule has 2 heterocycles. The highest BCUT2D eigenvalue weighted by Crippen LogP contribution is 2.26. The van der Waals surface area contributed by atoms with Crippen LogP contribution in [0.4, 0.5) is 10.1 Å². The van der Waals surface area contributed by atoms with Gasteiger partial charge in [-0.1, -0.05) is 30.3 Å². The van der Waals surface area contributed by atoms with E-state index >= 15 is 0 Å². The zero-order valence-electron chi connectivity index (χ0n) is 22.3. The molecule has 200 valence electrons. The van der Waals surface area contributed by atoms with E-state index in [-0.39, 0.29) is 17.8 Å². The molecule has 0 spiro atoms. The molecule has 39 heavy (non-hydrogen) atoms. The Kier molecular flexibility index (Phi) is 8.18. The molecular weight excluding hydrogens is 491 g/mol. The van der Waals surface area contributed by atoms with Crippen LogP contribution >= 0.6 is 0 Å². The van der Waals surface area contributed by atoms with Gasteiger partial charge in [-0.25, -0.2) is 9.07 Å². The van der Waals surface area contributed by atoms with E-state index in [2.05, 4.69) is 29.2 Å². The largest absolute Gasteiger partial charge is 0.378 e. The van der Waals surface area contributed by atoms with Crippen molar-refractivity contribution in [3.8, 4) is 16.9 Å². The van der Waals surface area contributed by atoms with Crippen molar-refractivity contribution in [1.29, 1.82) is 0 Å². The summed E-state index contributed by atoms with van der Waals surface area (Å²) >= 11 is 0. The fourth-order valence-electron chi connectivity index (χ4n) is 4.71. The van der Waals surface area contributed by atoms with Crippen molar-refractivity contribution in [2.75, 3.05) is 32.1 Å². The normalized spacial score (nSPS) is 15.1. The number of nitrogens with zero attached hydrogens (tertiary/aromatic N) is 4. The fourth-order valence-corrected chi connectivity index (χ4v) is 4.71. The van der Waals surface area contributed by atoms with Gasteiger partial charge in [-0.05, 0) is 73.0 Å². The number of hydrogen-bond donors (Lipinski definition) is 0. The zero-order chi connectivity index (χ0) is 27.2. The number of carbonyl (C=O) groups excluding carboxylic acids is 1. The van der Waals surface area contributed by atoms with Crippen molar-refractivity contribution in [2.24, 2.45) is 0 Å². The maximum Gasteiger partial charge on any atom is 0.246 e. The van der Waals surface area contributed by atoms with Crippen LogP contribution in [0, 0.1) is 5.82 Å². The Balaban J connectivity index is 1.42.